The number of carbonyl (C=O) groups is 1. The first-order valence-electron chi connectivity index (χ1n) is 6.14. The van der Waals surface area contributed by atoms with Gasteiger partial charge in [0.1, 0.15) is 6.29 Å². The summed E-state index contributed by atoms with van der Waals surface area (Å²) in [6, 6.07) is 2.21. The summed E-state index contributed by atoms with van der Waals surface area (Å²) in [5.74, 6) is 0.643. The number of hydrogen-bond acceptors (Lipinski definition) is 1. The molecule has 0 aliphatic heterocycles. The van der Waals surface area contributed by atoms with Crippen LogP contribution in [0.15, 0.2) is 6.07 Å². The van der Waals surface area contributed by atoms with Gasteiger partial charge >= 0.3 is 0 Å². The van der Waals surface area contributed by atoms with E-state index in [4.69, 9.17) is 0 Å². The molecule has 1 aliphatic rings. The number of aldehydes is 1. The summed E-state index contributed by atoms with van der Waals surface area (Å²) in [7, 11) is 0. The largest absolute Gasteiger partial charge is 0.349 e. The molecular formula is C14H21NO. The lowest BCUT2D eigenvalue weighted by molar-refractivity contribution is -0.109. The molecule has 1 aromatic rings. The fraction of sp³-hybridized carbons (Fsp3) is 0.643. The summed E-state index contributed by atoms with van der Waals surface area (Å²) in [6.07, 6.45) is 3.21. The Balaban J connectivity index is 2.39. The van der Waals surface area contributed by atoms with Crippen LogP contribution in [-0.4, -0.2) is 10.9 Å². The molecule has 0 radical (unpaired) electrons. The van der Waals surface area contributed by atoms with Crippen molar-refractivity contribution in [3.8, 4) is 0 Å². The van der Waals surface area contributed by atoms with Crippen LogP contribution < -0.4 is 0 Å². The van der Waals surface area contributed by atoms with Crippen LogP contribution >= 0.6 is 0 Å². The minimum Gasteiger partial charge on any atom is -0.349 e. The van der Waals surface area contributed by atoms with Crippen LogP contribution in [0.4, 0.5) is 0 Å². The maximum atomic E-state index is 11.2. The summed E-state index contributed by atoms with van der Waals surface area (Å²) in [5, 5.41) is 0. The molecule has 0 unspecified atom stereocenters. The number of aryl methyl sites for hydroxylation is 1. The van der Waals surface area contributed by atoms with Gasteiger partial charge < -0.3 is 9.36 Å². The van der Waals surface area contributed by atoms with E-state index in [-0.39, 0.29) is 5.41 Å². The Morgan fingerprint density at radius 3 is 2.50 bits per heavy atom. The molecule has 0 spiro atoms. The fourth-order valence-electron chi connectivity index (χ4n) is 2.54. The molecular weight excluding hydrogens is 198 g/mol. The van der Waals surface area contributed by atoms with E-state index in [0.29, 0.717) is 5.92 Å². The highest BCUT2D eigenvalue weighted by atomic mass is 16.1. The lowest BCUT2D eigenvalue weighted by Gasteiger charge is -2.13. The lowest BCUT2D eigenvalue weighted by Crippen LogP contribution is -2.12. The van der Waals surface area contributed by atoms with Crippen LogP contribution in [0.2, 0.25) is 0 Å². The molecule has 2 heteroatoms. The number of rotatable bonds is 4. The molecule has 1 saturated carbocycles. The van der Waals surface area contributed by atoms with E-state index in [1.807, 2.05) is 0 Å². The van der Waals surface area contributed by atoms with Crippen LogP contribution in [-0.2, 0) is 16.8 Å². The van der Waals surface area contributed by atoms with Gasteiger partial charge in [0.15, 0.2) is 0 Å². The summed E-state index contributed by atoms with van der Waals surface area (Å²) in [6.45, 7) is 9.79. The van der Waals surface area contributed by atoms with E-state index >= 15 is 0 Å². The first kappa shape index (κ1) is 11.4. The Labute approximate surface area is 97.7 Å². The molecule has 0 atom stereocenters. The molecule has 0 saturated heterocycles. The average molecular weight is 219 g/mol. The molecule has 16 heavy (non-hydrogen) atoms. The number of aromatic nitrogens is 1. The standard InChI is InChI=1S/C14H21NO/c1-10(2)8-15-11(3)7-13(12(15)4)14(9-16)5-6-14/h7,9-10H,5-6,8H2,1-4H3. The minimum absolute atomic E-state index is 0.128. The van der Waals surface area contributed by atoms with Crippen molar-refractivity contribution in [1.82, 2.24) is 4.57 Å². The van der Waals surface area contributed by atoms with Gasteiger partial charge in [0.25, 0.3) is 0 Å². The van der Waals surface area contributed by atoms with Gasteiger partial charge in [-0.15, -0.1) is 0 Å². The smallest absolute Gasteiger partial charge is 0.130 e. The Morgan fingerprint density at radius 2 is 2.06 bits per heavy atom. The van der Waals surface area contributed by atoms with Crippen LogP contribution in [0, 0.1) is 19.8 Å². The zero-order chi connectivity index (χ0) is 11.9. The zero-order valence-corrected chi connectivity index (χ0v) is 10.7. The molecule has 1 fully saturated rings. The molecule has 1 aromatic heterocycles. The van der Waals surface area contributed by atoms with Gasteiger partial charge in [-0.05, 0) is 44.2 Å². The van der Waals surface area contributed by atoms with E-state index in [1.165, 1.54) is 17.0 Å². The van der Waals surface area contributed by atoms with Crippen molar-refractivity contribution in [2.45, 2.75) is 52.5 Å². The number of hydrogen-bond donors (Lipinski definition) is 0. The van der Waals surface area contributed by atoms with E-state index in [0.717, 1.165) is 25.7 Å². The van der Waals surface area contributed by atoms with E-state index in [9.17, 15) is 4.79 Å². The van der Waals surface area contributed by atoms with Crippen LogP contribution in [0.1, 0.15) is 43.6 Å². The predicted molar refractivity (Wildman–Crippen MR) is 65.7 cm³/mol. The van der Waals surface area contributed by atoms with Crippen molar-refractivity contribution in [3.05, 3.63) is 23.0 Å². The molecule has 0 aromatic carbocycles. The third-order valence-electron chi connectivity index (χ3n) is 3.67. The summed E-state index contributed by atoms with van der Waals surface area (Å²) < 4.78 is 2.35. The molecule has 0 N–H and O–H groups in total. The van der Waals surface area contributed by atoms with Gasteiger partial charge in [0, 0.05) is 17.9 Å². The van der Waals surface area contributed by atoms with Gasteiger partial charge in [0.05, 0.1) is 5.41 Å². The van der Waals surface area contributed by atoms with E-state index in [1.54, 1.807) is 0 Å². The fourth-order valence-corrected chi connectivity index (χ4v) is 2.54. The Morgan fingerprint density at radius 1 is 1.44 bits per heavy atom. The molecule has 2 nitrogen and oxygen atoms in total. The van der Waals surface area contributed by atoms with E-state index < -0.39 is 0 Å². The van der Waals surface area contributed by atoms with Gasteiger partial charge in [-0.2, -0.15) is 0 Å². The van der Waals surface area contributed by atoms with Crippen molar-refractivity contribution in [2.24, 2.45) is 5.92 Å². The second-order valence-electron chi connectivity index (χ2n) is 5.56. The second kappa shape index (κ2) is 3.76. The topological polar surface area (TPSA) is 22.0 Å². The van der Waals surface area contributed by atoms with Crippen molar-refractivity contribution in [1.29, 1.82) is 0 Å². The normalized spacial score (nSPS) is 17.8. The minimum atomic E-state index is -0.128. The van der Waals surface area contributed by atoms with Gasteiger partial charge in [-0.1, -0.05) is 13.8 Å². The van der Waals surface area contributed by atoms with Crippen molar-refractivity contribution >= 4 is 6.29 Å². The molecule has 1 heterocycles. The number of nitrogens with zero attached hydrogens (tertiary/aromatic N) is 1. The SMILES string of the molecule is Cc1cc(C2(C=O)CC2)c(C)n1CC(C)C. The maximum absolute atomic E-state index is 11.2. The molecule has 0 amide bonds. The Hall–Kier alpha value is -1.05. The molecule has 2 rings (SSSR count). The Kier molecular flexibility index (Phi) is 2.69. The third kappa shape index (κ3) is 1.70. The van der Waals surface area contributed by atoms with Crippen molar-refractivity contribution < 1.29 is 4.79 Å². The second-order valence-corrected chi connectivity index (χ2v) is 5.56. The number of carbonyl (C=O) groups excluding carboxylic acids is 1. The van der Waals surface area contributed by atoms with E-state index in [2.05, 4.69) is 38.3 Å². The summed E-state index contributed by atoms with van der Waals surface area (Å²) in [5.41, 5.74) is 3.71. The molecule has 1 aliphatic carbocycles. The van der Waals surface area contributed by atoms with Gasteiger partial charge in [-0.3, -0.25) is 0 Å². The first-order chi connectivity index (χ1) is 7.50. The van der Waals surface area contributed by atoms with Crippen molar-refractivity contribution in [2.75, 3.05) is 0 Å². The highest BCUT2D eigenvalue weighted by molar-refractivity contribution is 5.74. The molecule has 88 valence electrons. The third-order valence-corrected chi connectivity index (χ3v) is 3.67. The van der Waals surface area contributed by atoms with Crippen LogP contribution in [0.25, 0.3) is 0 Å². The first-order valence-corrected chi connectivity index (χ1v) is 6.14. The maximum Gasteiger partial charge on any atom is 0.130 e. The van der Waals surface area contributed by atoms with Crippen molar-refractivity contribution in [3.63, 3.8) is 0 Å². The predicted octanol–water partition coefficient (Wildman–Crippen LogP) is 2.99. The van der Waals surface area contributed by atoms with Gasteiger partial charge in [-0.25, -0.2) is 0 Å². The lowest BCUT2D eigenvalue weighted by atomic mass is 9.98. The highest BCUT2D eigenvalue weighted by Crippen LogP contribution is 2.48. The zero-order valence-electron chi connectivity index (χ0n) is 10.7. The monoisotopic (exact) mass is 219 g/mol. The van der Waals surface area contributed by atoms with Gasteiger partial charge in [0.2, 0.25) is 0 Å². The van der Waals surface area contributed by atoms with Crippen LogP contribution in [0.3, 0.4) is 0 Å². The quantitative estimate of drug-likeness (QED) is 0.713. The average Bonchev–Trinajstić information content (AvgIpc) is 2.97. The summed E-state index contributed by atoms with van der Waals surface area (Å²) in [4.78, 5) is 11.2. The Bertz CT molecular complexity index is 411. The highest BCUT2D eigenvalue weighted by Gasteiger charge is 2.46. The molecule has 0 bridgehead atoms. The van der Waals surface area contributed by atoms with Crippen LogP contribution in [0.5, 0.6) is 0 Å². The summed E-state index contributed by atoms with van der Waals surface area (Å²) >= 11 is 0.